The molecule has 0 aromatic carbocycles. The highest BCUT2D eigenvalue weighted by Crippen LogP contribution is 1.97. The van der Waals surface area contributed by atoms with E-state index >= 15 is 0 Å². The van der Waals surface area contributed by atoms with Crippen molar-refractivity contribution in [2.45, 2.75) is 0 Å². The number of rotatable bonds is 0. The largest absolute Gasteiger partial charge is 0.285 e. The molecule has 0 radical (unpaired) electrons. The first-order chi connectivity index (χ1) is 3.70. The van der Waals surface area contributed by atoms with Crippen molar-refractivity contribution in [3.05, 3.63) is 0 Å². The number of carbonyl (C=O) groups is 1. The van der Waals surface area contributed by atoms with Gasteiger partial charge < -0.3 is 0 Å². The first kappa shape index (κ1) is 5.53. The highest BCUT2D eigenvalue weighted by molar-refractivity contribution is 5.78. The van der Waals surface area contributed by atoms with Crippen molar-refractivity contribution < 1.29 is 10.0 Å². The molecule has 1 aliphatic heterocycles. The van der Waals surface area contributed by atoms with Crippen molar-refractivity contribution in [1.82, 2.24) is 9.96 Å². The summed E-state index contributed by atoms with van der Waals surface area (Å²) in [4.78, 5) is 12.1. The molecular weight excluding hydrogens is 108 g/mol. The van der Waals surface area contributed by atoms with E-state index in [1.165, 1.54) is 0 Å². The summed E-state index contributed by atoms with van der Waals surface area (Å²) in [6, 6.07) is 0. The molecule has 4 heteroatoms. The Hall–Kier alpha value is -0.610. The maximum atomic E-state index is 10.4. The lowest BCUT2D eigenvalue weighted by molar-refractivity contribution is -0.157. The highest BCUT2D eigenvalue weighted by atomic mass is 16.5. The van der Waals surface area contributed by atoms with Crippen molar-refractivity contribution in [1.29, 1.82) is 0 Å². The molecule has 1 N–H and O–H groups in total. The van der Waals surface area contributed by atoms with Gasteiger partial charge in [-0.15, -0.1) is 0 Å². The van der Waals surface area contributed by atoms with Crippen molar-refractivity contribution in [3.63, 3.8) is 0 Å². The smallest absolute Gasteiger partial charge is 0.261 e. The summed E-state index contributed by atoms with van der Waals surface area (Å²) in [5.41, 5.74) is 0. The Morgan fingerprint density at radius 2 is 2.38 bits per heavy atom. The van der Waals surface area contributed by atoms with Crippen molar-refractivity contribution in [3.8, 4) is 0 Å². The number of carbonyl (C=O) groups excluding carboxylic acids is 1. The second-order valence-corrected chi connectivity index (χ2v) is 1.95. The van der Waals surface area contributed by atoms with Crippen LogP contribution < -0.4 is 0 Å². The Bertz CT molecular complexity index is 115. The third-order valence-corrected chi connectivity index (χ3v) is 1.07. The van der Waals surface area contributed by atoms with E-state index in [9.17, 15) is 4.79 Å². The molecule has 0 unspecified atom stereocenters. The summed E-state index contributed by atoms with van der Waals surface area (Å²) in [6.07, 6.45) is 0. The average Bonchev–Trinajstić information content (AvgIpc) is 1.85. The van der Waals surface area contributed by atoms with Gasteiger partial charge in [-0.05, 0) is 7.05 Å². The van der Waals surface area contributed by atoms with E-state index in [-0.39, 0.29) is 5.91 Å². The lowest BCUT2D eigenvalue weighted by Crippen LogP contribution is -2.21. The van der Waals surface area contributed by atoms with Crippen LogP contribution in [0.15, 0.2) is 0 Å². The van der Waals surface area contributed by atoms with Crippen LogP contribution in [0.4, 0.5) is 0 Å². The Kier molecular flexibility index (Phi) is 1.19. The maximum absolute atomic E-state index is 10.4. The molecule has 0 aromatic heterocycles. The zero-order valence-corrected chi connectivity index (χ0v) is 4.66. The number of likely N-dealkylation sites (N-methyl/N-ethyl adjacent to an activating group) is 1. The lowest BCUT2D eigenvalue weighted by atomic mass is 10.6. The van der Waals surface area contributed by atoms with E-state index in [0.717, 1.165) is 0 Å². The summed E-state index contributed by atoms with van der Waals surface area (Å²) >= 11 is 0. The van der Waals surface area contributed by atoms with E-state index in [1.807, 2.05) is 0 Å². The molecule has 0 spiro atoms. The van der Waals surface area contributed by atoms with Gasteiger partial charge in [-0.1, -0.05) is 0 Å². The molecule has 1 saturated heterocycles. The van der Waals surface area contributed by atoms with Crippen LogP contribution in [0.3, 0.4) is 0 Å². The number of hydrogen-bond donors (Lipinski definition) is 1. The van der Waals surface area contributed by atoms with E-state index in [1.54, 1.807) is 11.9 Å². The fourth-order valence-corrected chi connectivity index (χ4v) is 0.670. The number of hydrogen-bond acceptors (Lipinski definition) is 3. The summed E-state index contributed by atoms with van der Waals surface area (Å²) in [6.45, 7) is 0.662. The highest BCUT2D eigenvalue weighted by Gasteiger charge is 2.22. The van der Waals surface area contributed by atoms with Crippen LogP contribution in [0, 0.1) is 0 Å². The molecule has 0 saturated carbocycles. The standard InChI is InChI=1S/C4H8N2O2/c1-5-2-4(7)6(8)3-5/h8H,2-3H2,1H3. The molecule has 0 bridgehead atoms. The van der Waals surface area contributed by atoms with Gasteiger partial charge in [0, 0.05) is 0 Å². The molecule has 1 heterocycles. The van der Waals surface area contributed by atoms with Gasteiger partial charge in [-0.2, -0.15) is 0 Å². The molecule has 46 valence electrons. The third kappa shape index (κ3) is 0.801. The molecule has 0 aliphatic carbocycles. The molecule has 1 amide bonds. The second kappa shape index (κ2) is 1.72. The van der Waals surface area contributed by atoms with Gasteiger partial charge in [0.1, 0.15) is 6.67 Å². The fraction of sp³-hybridized carbons (Fsp3) is 0.750. The summed E-state index contributed by atoms with van der Waals surface area (Å²) in [5, 5.41) is 9.32. The van der Waals surface area contributed by atoms with Gasteiger partial charge in [0.25, 0.3) is 5.91 Å². The average molecular weight is 116 g/mol. The lowest BCUT2D eigenvalue weighted by Gasteiger charge is -2.04. The first-order valence-electron chi connectivity index (χ1n) is 2.38. The van der Waals surface area contributed by atoms with E-state index in [4.69, 9.17) is 5.21 Å². The minimum Gasteiger partial charge on any atom is -0.285 e. The molecule has 1 aliphatic rings. The van der Waals surface area contributed by atoms with E-state index in [0.29, 0.717) is 18.3 Å². The van der Waals surface area contributed by atoms with Crippen LogP contribution in [0.1, 0.15) is 0 Å². The van der Waals surface area contributed by atoms with Crippen LogP contribution >= 0.6 is 0 Å². The van der Waals surface area contributed by atoms with E-state index in [2.05, 4.69) is 0 Å². The third-order valence-electron chi connectivity index (χ3n) is 1.07. The van der Waals surface area contributed by atoms with Crippen LogP contribution in [-0.2, 0) is 4.79 Å². The van der Waals surface area contributed by atoms with Crippen molar-refractivity contribution in [2.24, 2.45) is 0 Å². The van der Waals surface area contributed by atoms with Crippen LogP contribution in [0.5, 0.6) is 0 Å². The molecule has 0 aromatic rings. The van der Waals surface area contributed by atoms with Crippen LogP contribution in [-0.4, -0.2) is 41.3 Å². The zero-order chi connectivity index (χ0) is 6.15. The molecule has 4 nitrogen and oxygen atoms in total. The Labute approximate surface area is 47.3 Å². The predicted octanol–water partition coefficient (Wildman–Crippen LogP) is -0.893. The summed E-state index contributed by atoms with van der Waals surface area (Å²) in [7, 11) is 1.77. The quantitative estimate of drug-likeness (QED) is 0.417. The van der Waals surface area contributed by atoms with Gasteiger partial charge in [-0.25, -0.2) is 5.06 Å². The zero-order valence-electron chi connectivity index (χ0n) is 4.66. The minimum atomic E-state index is -0.229. The minimum absolute atomic E-state index is 0.229. The number of amides is 1. The SMILES string of the molecule is CN1CC(=O)N(O)C1. The molecule has 1 fully saturated rings. The Balaban J connectivity index is 2.51. The predicted molar refractivity (Wildman–Crippen MR) is 26.1 cm³/mol. The second-order valence-electron chi connectivity index (χ2n) is 1.95. The van der Waals surface area contributed by atoms with Crippen molar-refractivity contribution in [2.75, 3.05) is 20.3 Å². The first-order valence-corrected chi connectivity index (χ1v) is 2.38. The molecular formula is C4H8N2O2. The Morgan fingerprint density at radius 1 is 1.75 bits per heavy atom. The number of hydroxylamine groups is 2. The van der Waals surface area contributed by atoms with Crippen molar-refractivity contribution >= 4 is 5.91 Å². The fourth-order valence-electron chi connectivity index (χ4n) is 0.670. The molecule has 8 heavy (non-hydrogen) atoms. The summed E-state index contributed by atoms with van der Waals surface area (Å²) in [5.74, 6) is -0.229. The summed E-state index contributed by atoms with van der Waals surface area (Å²) < 4.78 is 0. The van der Waals surface area contributed by atoms with Gasteiger partial charge in [0.05, 0.1) is 6.54 Å². The molecule has 1 rings (SSSR count). The normalized spacial score (nSPS) is 22.8. The topological polar surface area (TPSA) is 43.8 Å². The van der Waals surface area contributed by atoms with Gasteiger partial charge in [0.2, 0.25) is 0 Å². The molecule has 0 atom stereocenters. The van der Waals surface area contributed by atoms with Gasteiger partial charge in [0.15, 0.2) is 0 Å². The maximum Gasteiger partial charge on any atom is 0.261 e. The Morgan fingerprint density at radius 3 is 2.50 bits per heavy atom. The van der Waals surface area contributed by atoms with Gasteiger partial charge in [-0.3, -0.25) is 14.9 Å². The van der Waals surface area contributed by atoms with Gasteiger partial charge >= 0.3 is 0 Å². The van der Waals surface area contributed by atoms with E-state index < -0.39 is 0 Å². The van der Waals surface area contributed by atoms with Crippen LogP contribution in [0.2, 0.25) is 0 Å². The monoisotopic (exact) mass is 116 g/mol. The van der Waals surface area contributed by atoms with Crippen LogP contribution in [0.25, 0.3) is 0 Å². The number of nitrogens with zero attached hydrogens (tertiary/aromatic N) is 2.